The highest BCUT2D eigenvalue weighted by Gasteiger charge is 2.73. The highest BCUT2D eigenvalue weighted by atomic mass is 17.0. The van der Waals surface area contributed by atoms with Crippen LogP contribution in [0.25, 0.3) is 0 Å². The number of hydrogen-bond donors (Lipinski definition) is 3. The van der Waals surface area contributed by atoms with E-state index in [1.807, 2.05) is 74.5 Å². The molecule has 7 rings (SSSR count). The monoisotopic (exact) mass is 880 g/mol. The van der Waals surface area contributed by atoms with E-state index in [-0.39, 0.29) is 18.4 Å². The maximum absolute atomic E-state index is 15.0. The molecule has 0 radical (unpaired) electrons. The molecule has 0 saturated carbocycles. The molecule has 352 valence electrons. The fraction of sp³-hybridized carbons (Fsp3) is 0.889. The number of fused-ring (bicyclic) bond motifs is 6. The number of allylic oxidation sites excluding steroid dienone is 1. The van der Waals surface area contributed by atoms with Gasteiger partial charge in [-0.3, -0.25) is 0 Å². The van der Waals surface area contributed by atoms with Gasteiger partial charge in [-0.2, -0.15) is 0 Å². The van der Waals surface area contributed by atoms with E-state index in [2.05, 4.69) is 5.73 Å². The average molecular weight is 880 g/mol. The van der Waals surface area contributed by atoms with Crippen LogP contribution < -0.4 is 5.73 Å². The lowest BCUT2D eigenvalue weighted by atomic mass is 9.73. The third-order valence-electron chi connectivity index (χ3n) is 15.6. The largest absolute Gasteiger partial charge is 0.536 e. The van der Waals surface area contributed by atoms with E-state index in [0.29, 0.717) is 64.2 Å². The minimum absolute atomic E-state index is 0.0893. The number of quaternary nitrogens is 1. The number of cyclic esters (lactones) is 1. The SMILES string of the molecule is CC(C)C([NH3+])C(=O)OC(C)C1CC=CCCC(O)C(C)(C)C2CCC(C)[C@@]3(O2)O[B-]24OC(C(=O)O1)[C@@]1(OC(CCC1C)C(C)(C)C(O)CCCC1CC(OC(=O)C3O2)C(C)O1)O4. The first-order valence-electron chi connectivity index (χ1n) is 23.4. The number of esters is 3. The van der Waals surface area contributed by atoms with Crippen LogP contribution >= 0.6 is 0 Å². The summed E-state index contributed by atoms with van der Waals surface area (Å²) in [6.45, 7) is 15.3. The molecule has 7 heterocycles. The minimum Gasteiger partial charge on any atom is -0.504 e. The standard InChI is InChI=1S/C45H73BNO15/c1-24(2)36(47)39(50)54-27(5)30-16-12-11-13-17-32(48)42(7,8)34-21-19-26(4)45(57-34)38-41(52)56-31-23-29(53-28(31)6)15-14-18-33(49)43(9,10)35-22-20-25(3)44(58-35)37(40(51)55-30)59-46(60-38,61-44)62-45/h11-12,24-38,48-49H,13-23,47H2,1-10H3/q-1/p+1/t25?,26?,27?,28?,29?,30?,31?,32?,33?,34?,35?,36?,37?,38?,44-,45+,46?/m0/s1. The summed E-state index contributed by atoms with van der Waals surface area (Å²) in [7, 11) is 0. The Kier molecular flexibility index (Phi) is 13.8. The first-order chi connectivity index (χ1) is 29.0. The second-order valence-corrected chi connectivity index (χ2v) is 21.0. The molecule has 7 aliphatic heterocycles. The second kappa shape index (κ2) is 17.9. The van der Waals surface area contributed by atoms with Gasteiger partial charge in [0.1, 0.15) is 18.3 Å². The summed E-state index contributed by atoms with van der Waals surface area (Å²) in [5, 5.41) is 23.6. The van der Waals surface area contributed by atoms with Gasteiger partial charge in [0.05, 0.1) is 36.6 Å². The molecule has 0 aromatic rings. The lowest BCUT2D eigenvalue weighted by Gasteiger charge is -2.52. The van der Waals surface area contributed by atoms with Gasteiger partial charge in [0.15, 0.2) is 29.8 Å². The van der Waals surface area contributed by atoms with Crippen molar-refractivity contribution < 1.29 is 77.4 Å². The molecule has 17 atom stereocenters. The maximum atomic E-state index is 15.0. The summed E-state index contributed by atoms with van der Waals surface area (Å²) in [4.78, 5) is 43.0. The van der Waals surface area contributed by atoms with Crippen LogP contribution in [0, 0.1) is 28.6 Å². The molecule has 6 saturated heterocycles. The van der Waals surface area contributed by atoms with Crippen molar-refractivity contribution in [3.05, 3.63) is 12.2 Å². The van der Waals surface area contributed by atoms with Gasteiger partial charge in [0.2, 0.25) is 0 Å². The van der Waals surface area contributed by atoms with Crippen LogP contribution in [0.3, 0.4) is 0 Å². The first kappa shape index (κ1) is 47.8. The van der Waals surface area contributed by atoms with Gasteiger partial charge in [0.25, 0.3) is 0 Å². The van der Waals surface area contributed by atoms with Crippen LogP contribution in [0.5, 0.6) is 0 Å². The van der Waals surface area contributed by atoms with E-state index in [0.717, 1.165) is 0 Å². The first-order valence-corrected chi connectivity index (χ1v) is 23.4. The van der Waals surface area contributed by atoms with Crippen LogP contribution in [-0.2, 0) is 61.4 Å². The second-order valence-electron chi connectivity index (χ2n) is 21.0. The Hall–Kier alpha value is -2.19. The summed E-state index contributed by atoms with van der Waals surface area (Å²) in [5.41, 5.74) is 2.31. The molecular formula is C45H74BNO15. The van der Waals surface area contributed by atoms with Crippen molar-refractivity contribution in [1.29, 1.82) is 0 Å². The average Bonchev–Trinajstić information content (AvgIpc) is 3.84. The molecule has 3 spiro atoms. The van der Waals surface area contributed by atoms with Gasteiger partial charge < -0.3 is 63.0 Å². The smallest absolute Gasteiger partial charge is 0.504 e. The molecule has 0 aromatic carbocycles. The molecule has 9 bridgehead atoms. The predicted octanol–water partition coefficient (Wildman–Crippen LogP) is 4.17. The third kappa shape index (κ3) is 8.78. The molecule has 6 fully saturated rings. The highest BCUT2D eigenvalue weighted by Crippen LogP contribution is 2.57. The van der Waals surface area contributed by atoms with Crippen molar-refractivity contribution >= 4 is 24.9 Å². The number of carbonyl (C=O) groups excluding carboxylic acids is 3. The fourth-order valence-electron chi connectivity index (χ4n) is 10.6. The molecule has 62 heavy (non-hydrogen) atoms. The molecular weight excluding hydrogens is 805 g/mol. The number of ether oxygens (including phenoxy) is 6. The van der Waals surface area contributed by atoms with Crippen molar-refractivity contribution in [1.82, 2.24) is 0 Å². The Morgan fingerprint density at radius 1 is 0.790 bits per heavy atom. The zero-order valence-corrected chi connectivity index (χ0v) is 38.6. The molecule has 17 heteroatoms. The Bertz CT molecular complexity index is 1680. The van der Waals surface area contributed by atoms with E-state index in [1.165, 1.54) is 0 Å². The summed E-state index contributed by atoms with van der Waals surface area (Å²) in [6.07, 6.45) is -0.138. The van der Waals surface area contributed by atoms with Crippen LogP contribution in [-0.4, -0.2) is 120 Å². The van der Waals surface area contributed by atoms with Crippen molar-refractivity contribution in [2.75, 3.05) is 0 Å². The number of aliphatic hydroxyl groups excluding tert-OH is 2. The Morgan fingerprint density at radius 2 is 1.34 bits per heavy atom. The molecule has 5 N–H and O–H groups in total. The summed E-state index contributed by atoms with van der Waals surface area (Å²) in [6, 6.07) is -0.652. The zero-order valence-electron chi connectivity index (χ0n) is 38.6. The number of hydrogen-bond acceptors (Lipinski definition) is 15. The minimum atomic E-state index is -3.52. The lowest BCUT2D eigenvalue weighted by molar-refractivity contribution is -0.419. The van der Waals surface area contributed by atoms with Crippen molar-refractivity contribution in [3.8, 4) is 0 Å². The molecule has 0 aliphatic carbocycles. The van der Waals surface area contributed by atoms with Gasteiger partial charge >= 0.3 is 24.9 Å². The van der Waals surface area contributed by atoms with Gasteiger partial charge in [-0.15, -0.1) is 0 Å². The number of carbonyl (C=O) groups is 3. The zero-order chi connectivity index (χ0) is 45.2. The Labute approximate surface area is 366 Å². The quantitative estimate of drug-likeness (QED) is 0.157. The lowest BCUT2D eigenvalue weighted by Crippen LogP contribution is -2.68. The summed E-state index contributed by atoms with van der Waals surface area (Å²) in [5.74, 6) is -7.04. The van der Waals surface area contributed by atoms with E-state index in [9.17, 15) is 19.8 Å². The summed E-state index contributed by atoms with van der Waals surface area (Å²) >= 11 is 0. The molecule has 7 aliphatic rings. The van der Waals surface area contributed by atoms with E-state index in [1.54, 1.807) is 6.92 Å². The topological polar surface area (TPSA) is 212 Å². The van der Waals surface area contributed by atoms with Gasteiger partial charge in [0, 0.05) is 41.4 Å². The number of rotatable bonds is 4. The van der Waals surface area contributed by atoms with E-state index in [4.69, 9.17) is 47.0 Å². The molecule has 15 unspecified atom stereocenters. The van der Waals surface area contributed by atoms with E-state index < -0.39 is 126 Å². The fourth-order valence-corrected chi connectivity index (χ4v) is 10.6. The van der Waals surface area contributed by atoms with Gasteiger partial charge in [-0.1, -0.05) is 67.5 Å². The molecule has 0 aromatic heterocycles. The molecule has 0 amide bonds. The van der Waals surface area contributed by atoms with Crippen molar-refractivity contribution in [2.45, 2.75) is 225 Å². The third-order valence-corrected chi connectivity index (χ3v) is 15.6. The van der Waals surface area contributed by atoms with Gasteiger partial charge in [-0.05, 0) is 71.6 Å². The summed E-state index contributed by atoms with van der Waals surface area (Å²) < 4.78 is 66.1. The van der Waals surface area contributed by atoms with Crippen LogP contribution in [0.4, 0.5) is 0 Å². The van der Waals surface area contributed by atoms with Crippen molar-refractivity contribution in [2.24, 2.45) is 28.6 Å². The molecule has 16 nitrogen and oxygen atoms in total. The van der Waals surface area contributed by atoms with Crippen LogP contribution in [0.2, 0.25) is 0 Å². The highest BCUT2D eigenvalue weighted by molar-refractivity contribution is 6.56. The Balaban J connectivity index is 1.36. The van der Waals surface area contributed by atoms with Crippen LogP contribution in [0.1, 0.15) is 140 Å². The number of aliphatic hydroxyl groups is 2. The van der Waals surface area contributed by atoms with Crippen molar-refractivity contribution in [3.63, 3.8) is 0 Å². The van der Waals surface area contributed by atoms with E-state index >= 15 is 4.79 Å². The van der Waals surface area contributed by atoms with Gasteiger partial charge in [-0.25, -0.2) is 14.4 Å². The predicted molar refractivity (Wildman–Crippen MR) is 222 cm³/mol. The van der Waals surface area contributed by atoms with Crippen LogP contribution in [0.15, 0.2) is 12.2 Å². The Morgan fingerprint density at radius 3 is 1.90 bits per heavy atom. The maximum Gasteiger partial charge on any atom is 0.536 e. The normalized spacial score (nSPS) is 45.8.